The van der Waals surface area contributed by atoms with Gasteiger partial charge in [-0.2, -0.15) is 5.10 Å². The highest BCUT2D eigenvalue weighted by molar-refractivity contribution is 8.00. The molecule has 2 aromatic rings. The fourth-order valence-corrected chi connectivity index (χ4v) is 2.62. The summed E-state index contributed by atoms with van der Waals surface area (Å²) < 4.78 is 10.8. The molecule has 6 heteroatoms. The molecule has 2 rings (SSSR count). The topological polar surface area (TPSA) is 59.9 Å². The molecule has 5 nitrogen and oxygen atoms in total. The van der Waals surface area contributed by atoms with E-state index in [1.807, 2.05) is 36.4 Å². The third-order valence-corrected chi connectivity index (χ3v) is 4.07. The molecule has 0 radical (unpaired) electrons. The van der Waals surface area contributed by atoms with Crippen LogP contribution >= 0.6 is 11.8 Å². The van der Waals surface area contributed by atoms with E-state index < -0.39 is 0 Å². The molecule has 1 amide bonds. The highest BCUT2D eigenvalue weighted by Crippen LogP contribution is 2.27. The molecular formula is C19H20N2O3S. The first-order valence-electron chi connectivity index (χ1n) is 7.64. The number of thioether (sulfide) groups is 1. The smallest absolute Gasteiger partial charge is 0.250 e. The monoisotopic (exact) mass is 356 g/mol. The minimum absolute atomic E-state index is 0.164. The molecule has 25 heavy (non-hydrogen) atoms. The molecule has 2 aromatic carbocycles. The van der Waals surface area contributed by atoms with Gasteiger partial charge in [0.25, 0.3) is 0 Å². The highest BCUT2D eigenvalue weighted by Gasteiger charge is 2.05. The van der Waals surface area contributed by atoms with Crippen molar-refractivity contribution in [3.05, 3.63) is 66.7 Å². The third kappa shape index (κ3) is 6.35. The molecule has 0 aromatic heterocycles. The fraction of sp³-hybridized carbons (Fsp3) is 0.158. The lowest BCUT2D eigenvalue weighted by atomic mass is 10.2. The Morgan fingerprint density at radius 1 is 1.24 bits per heavy atom. The fourth-order valence-electron chi connectivity index (χ4n) is 1.91. The van der Waals surface area contributed by atoms with E-state index in [4.69, 9.17) is 9.47 Å². The maximum absolute atomic E-state index is 11.8. The van der Waals surface area contributed by atoms with Crippen LogP contribution in [0.3, 0.4) is 0 Å². The van der Waals surface area contributed by atoms with Crippen LogP contribution in [0.1, 0.15) is 5.56 Å². The van der Waals surface area contributed by atoms with E-state index in [1.165, 1.54) is 11.8 Å². The molecule has 0 heterocycles. The van der Waals surface area contributed by atoms with Crippen LogP contribution < -0.4 is 14.9 Å². The standard InChI is InChI=1S/C19H20N2O3S/c1-3-11-24-17-10-9-15(12-18(17)23-2)13-20-21-19(22)14-25-16-7-5-4-6-8-16/h3-10,12-13H,1,11,14H2,2H3,(H,21,22)/b20-13-. The van der Waals surface area contributed by atoms with E-state index >= 15 is 0 Å². The van der Waals surface area contributed by atoms with Gasteiger partial charge < -0.3 is 9.47 Å². The lowest BCUT2D eigenvalue weighted by Gasteiger charge is -2.09. The highest BCUT2D eigenvalue weighted by atomic mass is 32.2. The summed E-state index contributed by atoms with van der Waals surface area (Å²) in [4.78, 5) is 12.8. The Balaban J connectivity index is 1.86. The van der Waals surface area contributed by atoms with Crippen molar-refractivity contribution in [1.29, 1.82) is 0 Å². The van der Waals surface area contributed by atoms with Crippen LogP contribution in [0.25, 0.3) is 0 Å². The molecule has 0 spiro atoms. The second-order valence-corrected chi connectivity index (χ2v) is 5.95. The van der Waals surface area contributed by atoms with Crippen LogP contribution in [0.2, 0.25) is 0 Å². The second-order valence-electron chi connectivity index (χ2n) is 4.90. The molecule has 0 fully saturated rings. The van der Waals surface area contributed by atoms with Crippen LogP contribution in [-0.4, -0.2) is 31.6 Å². The molecule has 1 N–H and O–H groups in total. The van der Waals surface area contributed by atoms with Crippen molar-refractivity contribution in [2.45, 2.75) is 4.90 Å². The zero-order chi connectivity index (χ0) is 17.9. The third-order valence-electron chi connectivity index (χ3n) is 3.06. The second kappa shape index (κ2) is 10.2. The van der Waals surface area contributed by atoms with Gasteiger partial charge in [0.05, 0.1) is 19.1 Å². The van der Waals surface area contributed by atoms with Gasteiger partial charge in [-0.3, -0.25) is 4.79 Å². The number of ether oxygens (including phenoxy) is 2. The summed E-state index contributed by atoms with van der Waals surface area (Å²) in [5.74, 6) is 1.36. The number of benzene rings is 2. The Labute approximate surface area is 151 Å². The predicted molar refractivity (Wildman–Crippen MR) is 102 cm³/mol. The number of nitrogens with zero attached hydrogens (tertiary/aromatic N) is 1. The molecule has 0 aliphatic heterocycles. The number of hydrazone groups is 1. The van der Waals surface area contributed by atoms with Crippen molar-refractivity contribution < 1.29 is 14.3 Å². The van der Waals surface area contributed by atoms with E-state index in [2.05, 4.69) is 17.1 Å². The van der Waals surface area contributed by atoms with Gasteiger partial charge >= 0.3 is 0 Å². The van der Waals surface area contributed by atoms with Crippen molar-refractivity contribution in [3.63, 3.8) is 0 Å². The van der Waals surface area contributed by atoms with Crippen molar-refractivity contribution in [2.75, 3.05) is 19.5 Å². The number of amides is 1. The maximum Gasteiger partial charge on any atom is 0.250 e. The molecule has 0 saturated heterocycles. The zero-order valence-corrected chi connectivity index (χ0v) is 14.8. The van der Waals surface area contributed by atoms with Crippen molar-refractivity contribution in [1.82, 2.24) is 5.43 Å². The molecular weight excluding hydrogens is 336 g/mol. The van der Waals surface area contributed by atoms with E-state index in [0.717, 1.165) is 10.5 Å². The minimum atomic E-state index is -0.164. The van der Waals surface area contributed by atoms with Gasteiger partial charge in [0, 0.05) is 4.90 Å². The summed E-state index contributed by atoms with van der Waals surface area (Å²) >= 11 is 1.46. The molecule has 0 bridgehead atoms. The Morgan fingerprint density at radius 2 is 2.04 bits per heavy atom. The van der Waals surface area contributed by atoms with Crippen LogP contribution in [-0.2, 0) is 4.79 Å². The lowest BCUT2D eigenvalue weighted by molar-refractivity contribution is -0.118. The Hall–Kier alpha value is -2.73. The number of carbonyl (C=O) groups excluding carboxylic acids is 1. The number of carbonyl (C=O) groups is 1. The molecule has 0 saturated carbocycles. The Kier molecular flexibility index (Phi) is 7.59. The van der Waals surface area contributed by atoms with E-state index in [-0.39, 0.29) is 5.91 Å². The maximum atomic E-state index is 11.8. The molecule has 0 atom stereocenters. The Bertz CT molecular complexity index is 733. The van der Waals surface area contributed by atoms with Gasteiger partial charge in [-0.25, -0.2) is 5.43 Å². The first-order chi connectivity index (χ1) is 12.2. The van der Waals surface area contributed by atoms with Crippen LogP contribution in [0.5, 0.6) is 11.5 Å². The zero-order valence-electron chi connectivity index (χ0n) is 14.0. The van der Waals surface area contributed by atoms with Crippen LogP contribution in [0.15, 0.2) is 71.2 Å². The SMILES string of the molecule is C=CCOc1ccc(/C=N\NC(=O)CSc2ccccc2)cc1OC. The van der Waals surface area contributed by atoms with Crippen LogP contribution in [0.4, 0.5) is 0 Å². The van der Waals surface area contributed by atoms with Crippen molar-refractivity contribution >= 4 is 23.9 Å². The molecule has 0 aliphatic rings. The predicted octanol–water partition coefficient (Wildman–Crippen LogP) is 3.50. The van der Waals surface area contributed by atoms with Gasteiger partial charge in [0.1, 0.15) is 6.61 Å². The number of rotatable bonds is 9. The molecule has 0 aliphatic carbocycles. The summed E-state index contributed by atoms with van der Waals surface area (Å²) in [5.41, 5.74) is 3.30. The minimum Gasteiger partial charge on any atom is -0.493 e. The van der Waals surface area contributed by atoms with Crippen molar-refractivity contribution in [2.24, 2.45) is 5.10 Å². The van der Waals surface area contributed by atoms with Gasteiger partial charge in [-0.15, -0.1) is 11.8 Å². The summed E-state index contributed by atoms with van der Waals surface area (Å²) in [7, 11) is 1.57. The van der Waals surface area contributed by atoms with Gasteiger partial charge in [0.2, 0.25) is 5.91 Å². The first-order valence-corrected chi connectivity index (χ1v) is 8.63. The summed E-state index contributed by atoms with van der Waals surface area (Å²) in [5, 5.41) is 3.97. The van der Waals surface area contributed by atoms with E-state index in [9.17, 15) is 4.79 Å². The van der Waals surface area contributed by atoms with Crippen molar-refractivity contribution in [3.8, 4) is 11.5 Å². The average molecular weight is 356 g/mol. The quantitative estimate of drug-likeness (QED) is 0.323. The lowest BCUT2D eigenvalue weighted by Crippen LogP contribution is -2.19. The number of nitrogens with one attached hydrogen (secondary N) is 1. The number of hydrogen-bond acceptors (Lipinski definition) is 5. The van der Waals surface area contributed by atoms with E-state index in [0.29, 0.717) is 23.9 Å². The van der Waals surface area contributed by atoms with Gasteiger partial charge in [-0.05, 0) is 35.9 Å². The molecule has 130 valence electrons. The summed E-state index contributed by atoms with van der Waals surface area (Å²) in [6.45, 7) is 4.01. The molecule has 0 unspecified atom stereocenters. The largest absolute Gasteiger partial charge is 0.493 e. The van der Waals surface area contributed by atoms with E-state index in [1.54, 1.807) is 31.5 Å². The number of hydrogen-bond donors (Lipinski definition) is 1. The normalized spacial score (nSPS) is 10.4. The van der Waals surface area contributed by atoms with Crippen LogP contribution in [0, 0.1) is 0 Å². The van der Waals surface area contributed by atoms with Gasteiger partial charge in [0.15, 0.2) is 11.5 Å². The summed E-state index contributed by atoms with van der Waals surface area (Å²) in [6, 6.07) is 15.1. The Morgan fingerprint density at radius 3 is 2.76 bits per heavy atom. The average Bonchev–Trinajstić information content (AvgIpc) is 2.66. The number of methoxy groups -OCH3 is 1. The van der Waals surface area contributed by atoms with Gasteiger partial charge in [-0.1, -0.05) is 30.9 Å². The first kappa shape index (κ1) is 18.6. The summed E-state index contributed by atoms with van der Waals surface area (Å²) in [6.07, 6.45) is 3.22.